The summed E-state index contributed by atoms with van der Waals surface area (Å²) in [6, 6.07) is 12.3. The summed E-state index contributed by atoms with van der Waals surface area (Å²) in [5, 5.41) is 2.80. The van der Waals surface area contributed by atoms with Gasteiger partial charge in [-0.25, -0.2) is 0 Å². The van der Waals surface area contributed by atoms with Crippen molar-refractivity contribution in [3.63, 3.8) is 0 Å². The van der Waals surface area contributed by atoms with Crippen molar-refractivity contribution in [3.8, 4) is 0 Å². The van der Waals surface area contributed by atoms with Gasteiger partial charge in [0, 0.05) is 22.6 Å². The fraction of sp³-hybridized carbons (Fsp3) is 0.0714. The molecule has 0 bridgehead atoms. The Morgan fingerprint density at radius 2 is 1.61 bits per heavy atom. The summed E-state index contributed by atoms with van der Waals surface area (Å²) in [7, 11) is 0. The Kier molecular flexibility index (Phi) is 3.19. The molecule has 0 aromatic heterocycles. The molecule has 0 aliphatic rings. The quantitative estimate of drug-likeness (QED) is 0.706. The molecule has 2 aromatic carbocycles. The molecule has 92 valence electrons. The number of carbonyl (C=O) groups excluding carboxylic acids is 1. The molecule has 5 N–H and O–H groups in total. The van der Waals surface area contributed by atoms with E-state index in [1.54, 1.807) is 36.4 Å². The SMILES string of the molecule is Cc1ccc(N)cc1C(=O)Nc1ccc(N)cc1. The van der Waals surface area contributed by atoms with E-state index in [0.717, 1.165) is 5.56 Å². The second-order valence-electron chi connectivity index (χ2n) is 4.15. The molecular formula is C14H15N3O. The van der Waals surface area contributed by atoms with Gasteiger partial charge in [0.1, 0.15) is 0 Å². The minimum Gasteiger partial charge on any atom is -0.399 e. The first-order chi connectivity index (χ1) is 8.56. The number of benzene rings is 2. The number of amides is 1. The minimum atomic E-state index is -0.176. The molecule has 0 saturated carbocycles. The van der Waals surface area contributed by atoms with Crippen molar-refractivity contribution in [2.24, 2.45) is 0 Å². The number of aryl methyl sites for hydroxylation is 1. The third kappa shape index (κ3) is 2.60. The highest BCUT2D eigenvalue weighted by molar-refractivity contribution is 6.05. The molecule has 2 rings (SSSR count). The van der Waals surface area contributed by atoms with Crippen LogP contribution in [-0.4, -0.2) is 5.91 Å². The van der Waals surface area contributed by atoms with E-state index in [1.807, 2.05) is 13.0 Å². The molecular weight excluding hydrogens is 226 g/mol. The summed E-state index contributed by atoms with van der Waals surface area (Å²) in [5.74, 6) is -0.176. The van der Waals surface area contributed by atoms with Crippen molar-refractivity contribution >= 4 is 23.0 Å². The van der Waals surface area contributed by atoms with Crippen LogP contribution in [0.1, 0.15) is 15.9 Å². The van der Waals surface area contributed by atoms with Gasteiger partial charge >= 0.3 is 0 Å². The highest BCUT2D eigenvalue weighted by Crippen LogP contribution is 2.16. The Bertz CT molecular complexity index is 576. The minimum absolute atomic E-state index is 0.176. The van der Waals surface area contributed by atoms with E-state index in [2.05, 4.69) is 5.32 Å². The van der Waals surface area contributed by atoms with Gasteiger partial charge in [-0.1, -0.05) is 6.07 Å². The van der Waals surface area contributed by atoms with E-state index < -0.39 is 0 Å². The smallest absolute Gasteiger partial charge is 0.256 e. The Hall–Kier alpha value is -2.49. The highest BCUT2D eigenvalue weighted by Gasteiger charge is 2.09. The zero-order chi connectivity index (χ0) is 13.1. The fourth-order valence-corrected chi connectivity index (χ4v) is 1.65. The van der Waals surface area contributed by atoms with E-state index in [0.29, 0.717) is 22.6 Å². The summed E-state index contributed by atoms with van der Waals surface area (Å²) in [6.07, 6.45) is 0. The van der Waals surface area contributed by atoms with Crippen LogP contribution in [0.2, 0.25) is 0 Å². The molecule has 0 saturated heterocycles. The molecule has 1 amide bonds. The molecule has 4 nitrogen and oxygen atoms in total. The lowest BCUT2D eigenvalue weighted by Crippen LogP contribution is -2.13. The number of rotatable bonds is 2. The lowest BCUT2D eigenvalue weighted by Gasteiger charge is -2.08. The largest absolute Gasteiger partial charge is 0.399 e. The Balaban J connectivity index is 2.21. The summed E-state index contributed by atoms with van der Waals surface area (Å²) >= 11 is 0. The van der Waals surface area contributed by atoms with Crippen LogP contribution in [0.3, 0.4) is 0 Å². The first-order valence-corrected chi connectivity index (χ1v) is 5.59. The van der Waals surface area contributed by atoms with Gasteiger partial charge in [0.05, 0.1) is 0 Å². The number of carbonyl (C=O) groups is 1. The van der Waals surface area contributed by atoms with Gasteiger partial charge < -0.3 is 16.8 Å². The van der Waals surface area contributed by atoms with Gasteiger partial charge in [-0.3, -0.25) is 4.79 Å². The van der Waals surface area contributed by atoms with E-state index >= 15 is 0 Å². The van der Waals surface area contributed by atoms with Crippen molar-refractivity contribution in [2.75, 3.05) is 16.8 Å². The number of nitrogens with one attached hydrogen (secondary N) is 1. The number of hydrogen-bond donors (Lipinski definition) is 3. The molecule has 0 spiro atoms. The van der Waals surface area contributed by atoms with Gasteiger partial charge in [-0.05, 0) is 48.9 Å². The van der Waals surface area contributed by atoms with Crippen molar-refractivity contribution < 1.29 is 4.79 Å². The highest BCUT2D eigenvalue weighted by atomic mass is 16.1. The number of nitrogens with two attached hydrogens (primary N) is 2. The van der Waals surface area contributed by atoms with Gasteiger partial charge in [0.2, 0.25) is 0 Å². The van der Waals surface area contributed by atoms with Crippen LogP contribution < -0.4 is 16.8 Å². The Morgan fingerprint density at radius 1 is 1.00 bits per heavy atom. The van der Waals surface area contributed by atoms with Gasteiger partial charge in [0.15, 0.2) is 0 Å². The molecule has 0 radical (unpaired) electrons. The zero-order valence-electron chi connectivity index (χ0n) is 10.1. The topological polar surface area (TPSA) is 81.1 Å². The lowest BCUT2D eigenvalue weighted by atomic mass is 10.1. The van der Waals surface area contributed by atoms with Crippen LogP contribution in [0, 0.1) is 6.92 Å². The molecule has 2 aromatic rings. The van der Waals surface area contributed by atoms with Crippen LogP contribution in [-0.2, 0) is 0 Å². The monoisotopic (exact) mass is 241 g/mol. The average Bonchev–Trinajstić information content (AvgIpc) is 2.35. The molecule has 0 aliphatic heterocycles. The number of nitrogen functional groups attached to an aromatic ring is 2. The van der Waals surface area contributed by atoms with Crippen molar-refractivity contribution in [1.29, 1.82) is 0 Å². The van der Waals surface area contributed by atoms with E-state index in [-0.39, 0.29) is 5.91 Å². The Morgan fingerprint density at radius 3 is 2.28 bits per heavy atom. The normalized spacial score (nSPS) is 10.1. The molecule has 0 aliphatic carbocycles. The van der Waals surface area contributed by atoms with Crippen LogP contribution >= 0.6 is 0 Å². The fourth-order valence-electron chi connectivity index (χ4n) is 1.65. The predicted octanol–water partition coefficient (Wildman–Crippen LogP) is 2.41. The predicted molar refractivity (Wildman–Crippen MR) is 74.4 cm³/mol. The second-order valence-corrected chi connectivity index (χ2v) is 4.15. The summed E-state index contributed by atoms with van der Waals surface area (Å²) in [6.45, 7) is 1.87. The first kappa shape index (κ1) is 12.0. The molecule has 0 atom stereocenters. The molecule has 0 heterocycles. The van der Waals surface area contributed by atoms with Crippen LogP contribution in [0.15, 0.2) is 42.5 Å². The van der Waals surface area contributed by atoms with Crippen LogP contribution in [0.25, 0.3) is 0 Å². The van der Waals surface area contributed by atoms with Crippen molar-refractivity contribution in [1.82, 2.24) is 0 Å². The second kappa shape index (κ2) is 4.79. The van der Waals surface area contributed by atoms with E-state index in [1.165, 1.54) is 0 Å². The zero-order valence-corrected chi connectivity index (χ0v) is 10.1. The maximum Gasteiger partial charge on any atom is 0.256 e. The summed E-state index contributed by atoms with van der Waals surface area (Å²) in [4.78, 5) is 12.1. The summed E-state index contributed by atoms with van der Waals surface area (Å²) in [5.41, 5.74) is 14.7. The summed E-state index contributed by atoms with van der Waals surface area (Å²) < 4.78 is 0. The van der Waals surface area contributed by atoms with E-state index in [9.17, 15) is 4.79 Å². The first-order valence-electron chi connectivity index (χ1n) is 5.59. The van der Waals surface area contributed by atoms with Gasteiger partial charge in [-0.2, -0.15) is 0 Å². The van der Waals surface area contributed by atoms with E-state index in [4.69, 9.17) is 11.5 Å². The number of anilines is 3. The third-order valence-electron chi connectivity index (χ3n) is 2.67. The molecule has 4 heteroatoms. The molecule has 0 unspecified atom stereocenters. The van der Waals surface area contributed by atoms with Gasteiger partial charge in [-0.15, -0.1) is 0 Å². The van der Waals surface area contributed by atoms with Gasteiger partial charge in [0.25, 0.3) is 5.91 Å². The third-order valence-corrected chi connectivity index (χ3v) is 2.67. The van der Waals surface area contributed by atoms with Crippen molar-refractivity contribution in [2.45, 2.75) is 6.92 Å². The number of hydrogen-bond acceptors (Lipinski definition) is 3. The molecule has 18 heavy (non-hydrogen) atoms. The Labute approximate surface area is 106 Å². The van der Waals surface area contributed by atoms with Crippen molar-refractivity contribution in [3.05, 3.63) is 53.6 Å². The lowest BCUT2D eigenvalue weighted by molar-refractivity contribution is 0.102. The maximum absolute atomic E-state index is 12.1. The average molecular weight is 241 g/mol. The maximum atomic E-state index is 12.1. The van der Waals surface area contributed by atoms with Crippen LogP contribution in [0.4, 0.5) is 17.1 Å². The van der Waals surface area contributed by atoms with Crippen LogP contribution in [0.5, 0.6) is 0 Å². The standard InChI is InChI=1S/C14H15N3O/c1-9-2-3-11(16)8-13(9)14(18)17-12-6-4-10(15)5-7-12/h2-8H,15-16H2,1H3,(H,17,18). The molecule has 0 fully saturated rings.